The van der Waals surface area contributed by atoms with Gasteiger partial charge in [-0.2, -0.15) is 0 Å². The summed E-state index contributed by atoms with van der Waals surface area (Å²) in [6, 6.07) is -0.245. The van der Waals surface area contributed by atoms with Crippen LogP contribution in [0.1, 0.15) is 13.3 Å². The monoisotopic (exact) mass is 221 g/mol. The lowest BCUT2D eigenvalue weighted by Crippen LogP contribution is -2.41. The first-order valence-corrected chi connectivity index (χ1v) is 6.30. The van der Waals surface area contributed by atoms with Crippen molar-refractivity contribution in [3.63, 3.8) is 0 Å². The van der Waals surface area contributed by atoms with E-state index in [0.29, 0.717) is 6.42 Å². The standard InChI is InChI=1S/C8H15NO4S/c1-6(13-2)8(10)9-7-3-4-14(11,12)5-7/h6-7H,3-5H2,1-2H3,(H,9,10). The Labute approximate surface area is 83.7 Å². The van der Waals surface area contributed by atoms with Gasteiger partial charge in [-0.3, -0.25) is 4.79 Å². The topological polar surface area (TPSA) is 72.5 Å². The van der Waals surface area contributed by atoms with Gasteiger partial charge in [-0.15, -0.1) is 0 Å². The fourth-order valence-electron chi connectivity index (χ4n) is 1.33. The van der Waals surface area contributed by atoms with Gasteiger partial charge in [0.1, 0.15) is 6.10 Å². The Kier molecular flexibility index (Phi) is 3.49. The average molecular weight is 221 g/mol. The molecule has 0 aliphatic carbocycles. The Morgan fingerprint density at radius 2 is 2.21 bits per heavy atom. The molecule has 1 N–H and O–H groups in total. The van der Waals surface area contributed by atoms with E-state index < -0.39 is 15.9 Å². The highest BCUT2D eigenvalue weighted by Gasteiger charge is 2.29. The molecule has 14 heavy (non-hydrogen) atoms. The molecule has 0 bridgehead atoms. The third-order valence-corrected chi connectivity index (χ3v) is 4.07. The van der Waals surface area contributed by atoms with Crippen LogP contribution in [0, 0.1) is 0 Å². The van der Waals surface area contributed by atoms with Crippen LogP contribution in [0.4, 0.5) is 0 Å². The lowest BCUT2D eigenvalue weighted by Gasteiger charge is -2.14. The molecule has 0 radical (unpaired) electrons. The summed E-state index contributed by atoms with van der Waals surface area (Å²) in [4.78, 5) is 11.3. The summed E-state index contributed by atoms with van der Waals surface area (Å²) >= 11 is 0. The largest absolute Gasteiger partial charge is 0.372 e. The second-order valence-corrected chi connectivity index (χ2v) is 5.72. The molecule has 2 atom stereocenters. The van der Waals surface area contributed by atoms with E-state index in [9.17, 15) is 13.2 Å². The van der Waals surface area contributed by atoms with Crippen LogP contribution in [0.3, 0.4) is 0 Å². The maximum atomic E-state index is 11.3. The van der Waals surface area contributed by atoms with Crippen molar-refractivity contribution in [3.05, 3.63) is 0 Å². The predicted octanol–water partition coefficient (Wildman–Crippen LogP) is -0.675. The molecule has 1 aliphatic rings. The Bertz CT molecular complexity index is 311. The van der Waals surface area contributed by atoms with Crippen LogP contribution < -0.4 is 5.32 Å². The van der Waals surface area contributed by atoms with Crippen molar-refractivity contribution in [2.75, 3.05) is 18.6 Å². The van der Waals surface area contributed by atoms with Crippen molar-refractivity contribution in [2.24, 2.45) is 0 Å². The summed E-state index contributed by atoms with van der Waals surface area (Å²) in [6.45, 7) is 1.62. The molecule has 1 aliphatic heterocycles. The van der Waals surface area contributed by atoms with Crippen molar-refractivity contribution in [1.82, 2.24) is 5.32 Å². The molecular weight excluding hydrogens is 206 g/mol. The number of carbonyl (C=O) groups excluding carboxylic acids is 1. The number of methoxy groups -OCH3 is 1. The van der Waals surface area contributed by atoms with Gasteiger partial charge < -0.3 is 10.1 Å². The van der Waals surface area contributed by atoms with E-state index in [0.717, 1.165) is 0 Å². The fourth-order valence-corrected chi connectivity index (χ4v) is 3.01. The highest BCUT2D eigenvalue weighted by molar-refractivity contribution is 7.91. The quantitative estimate of drug-likeness (QED) is 0.685. The first kappa shape index (κ1) is 11.5. The maximum absolute atomic E-state index is 11.3. The van der Waals surface area contributed by atoms with Crippen molar-refractivity contribution in [3.8, 4) is 0 Å². The summed E-state index contributed by atoms with van der Waals surface area (Å²) in [5, 5.41) is 2.64. The molecule has 1 fully saturated rings. The Hall–Kier alpha value is -0.620. The first-order valence-electron chi connectivity index (χ1n) is 4.48. The lowest BCUT2D eigenvalue weighted by atomic mass is 10.2. The number of amides is 1. The second-order valence-electron chi connectivity index (χ2n) is 3.49. The maximum Gasteiger partial charge on any atom is 0.249 e. The zero-order chi connectivity index (χ0) is 10.8. The molecule has 5 nitrogen and oxygen atoms in total. The van der Waals surface area contributed by atoms with E-state index in [1.807, 2.05) is 0 Å². The van der Waals surface area contributed by atoms with Gasteiger partial charge in [-0.05, 0) is 13.3 Å². The van der Waals surface area contributed by atoms with Crippen LogP contribution in [-0.4, -0.2) is 45.1 Å². The predicted molar refractivity (Wildman–Crippen MR) is 51.7 cm³/mol. The molecule has 1 heterocycles. The van der Waals surface area contributed by atoms with Crippen molar-refractivity contribution in [1.29, 1.82) is 0 Å². The van der Waals surface area contributed by atoms with Gasteiger partial charge in [0.2, 0.25) is 5.91 Å². The molecule has 1 amide bonds. The van der Waals surface area contributed by atoms with E-state index in [4.69, 9.17) is 4.74 Å². The van der Waals surface area contributed by atoms with Crippen LogP contribution in [-0.2, 0) is 19.4 Å². The van der Waals surface area contributed by atoms with Crippen LogP contribution in [0.2, 0.25) is 0 Å². The van der Waals surface area contributed by atoms with Crippen LogP contribution in [0.25, 0.3) is 0 Å². The van der Waals surface area contributed by atoms with Gasteiger partial charge in [-0.1, -0.05) is 0 Å². The minimum atomic E-state index is -2.93. The van der Waals surface area contributed by atoms with Crippen LogP contribution in [0.15, 0.2) is 0 Å². The summed E-state index contributed by atoms with van der Waals surface area (Å²) in [5.74, 6) is -0.0382. The number of hydrogen-bond donors (Lipinski definition) is 1. The fraction of sp³-hybridized carbons (Fsp3) is 0.875. The Balaban J connectivity index is 2.44. The molecule has 82 valence electrons. The highest BCUT2D eigenvalue weighted by atomic mass is 32.2. The second kappa shape index (κ2) is 4.27. The molecule has 0 aromatic carbocycles. The molecule has 1 saturated heterocycles. The zero-order valence-electron chi connectivity index (χ0n) is 8.32. The number of carbonyl (C=O) groups is 1. The lowest BCUT2D eigenvalue weighted by molar-refractivity contribution is -0.130. The van der Waals surface area contributed by atoms with E-state index in [-0.39, 0.29) is 23.5 Å². The number of ether oxygens (including phenoxy) is 1. The number of nitrogens with one attached hydrogen (secondary N) is 1. The number of hydrogen-bond acceptors (Lipinski definition) is 4. The smallest absolute Gasteiger partial charge is 0.249 e. The minimum Gasteiger partial charge on any atom is -0.372 e. The number of rotatable bonds is 3. The van der Waals surface area contributed by atoms with E-state index in [1.165, 1.54) is 7.11 Å². The van der Waals surface area contributed by atoms with Gasteiger partial charge in [0, 0.05) is 13.2 Å². The average Bonchev–Trinajstić information content (AvgIpc) is 2.44. The third kappa shape index (κ3) is 2.95. The summed E-state index contributed by atoms with van der Waals surface area (Å²) in [7, 11) is -1.49. The van der Waals surface area contributed by atoms with E-state index in [2.05, 4.69) is 5.32 Å². The molecule has 0 aromatic rings. The van der Waals surface area contributed by atoms with Gasteiger partial charge in [0.25, 0.3) is 0 Å². The summed E-state index contributed by atoms with van der Waals surface area (Å²) in [5.41, 5.74) is 0. The Morgan fingerprint density at radius 1 is 1.57 bits per heavy atom. The molecule has 2 unspecified atom stereocenters. The van der Waals surface area contributed by atoms with Crippen LogP contribution >= 0.6 is 0 Å². The SMILES string of the molecule is COC(C)C(=O)NC1CCS(=O)(=O)C1. The van der Waals surface area contributed by atoms with Crippen LogP contribution in [0.5, 0.6) is 0 Å². The molecule has 0 saturated carbocycles. The van der Waals surface area contributed by atoms with Crippen molar-refractivity contribution < 1.29 is 17.9 Å². The molecule has 1 rings (SSSR count). The number of sulfone groups is 1. The first-order chi connectivity index (χ1) is 6.44. The zero-order valence-corrected chi connectivity index (χ0v) is 9.13. The highest BCUT2D eigenvalue weighted by Crippen LogP contribution is 2.11. The van der Waals surface area contributed by atoms with E-state index >= 15 is 0 Å². The van der Waals surface area contributed by atoms with Crippen molar-refractivity contribution in [2.45, 2.75) is 25.5 Å². The summed E-state index contributed by atoms with van der Waals surface area (Å²) in [6.07, 6.45) is -0.0249. The molecule has 0 aromatic heterocycles. The summed E-state index contributed by atoms with van der Waals surface area (Å²) < 4.78 is 27.0. The molecular formula is C8H15NO4S. The minimum absolute atomic E-state index is 0.0508. The van der Waals surface area contributed by atoms with E-state index in [1.54, 1.807) is 6.92 Å². The molecule has 0 spiro atoms. The molecule has 6 heteroatoms. The van der Waals surface area contributed by atoms with Gasteiger partial charge in [0.15, 0.2) is 9.84 Å². The van der Waals surface area contributed by atoms with Gasteiger partial charge in [0.05, 0.1) is 11.5 Å². The Morgan fingerprint density at radius 3 is 2.64 bits per heavy atom. The van der Waals surface area contributed by atoms with Gasteiger partial charge in [-0.25, -0.2) is 8.42 Å². The van der Waals surface area contributed by atoms with Crippen molar-refractivity contribution >= 4 is 15.7 Å². The van der Waals surface area contributed by atoms with Gasteiger partial charge >= 0.3 is 0 Å². The third-order valence-electron chi connectivity index (χ3n) is 2.30. The normalized spacial score (nSPS) is 27.1.